The lowest BCUT2D eigenvalue weighted by Crippen LogP contribution is -2.21. The molecule has 0 bridgehead atoms. The molecule has 1 atom stereocenters. The van der Waals surface area contributed by atoms with Gasteiger partial charge in [0.25, 0.3) is 0 Å². The van der Waals surface area contributed by atoms with E-state index < -0.39 is 11.3 Å². The van der Waals surface area contributed by atoms with E-state index in [1.807, 2.05) is 13.8 Å². The van der Waals surface area contributed by atoms with Gasteiger partial charge in [-0.05, 0) is 5.92 Å². The maximum absolute atomic E-state index is 10.8. The lowest BCUT2D eigenvalue weighted by molar-refractivity contribution is -0.143. The molecule has 0 amide bonds. The second-order valence-corrected chi connectivity index (χ2v) is 3.48. The van der Waals surface area contributed by atoms with Crippen molar-refractivity contribution >= 4 is 29.2 Å². The predicted molar refractivity (Wildman–Crippen MR) is 46.2 cm³/mol. The molecule has 0 aromatic heterocycles. The minimum atomic E-state index is -0.713. The molecule has 0 saturated carbocycles. The van der Waals surface area contributed by atoms with Crippen LogP contribution < -0.4 is 0 Å². The summed E-state index contributed by atoms with van der Waals surface area (Å²) in [4.78, 5) is 10.8. The molecule has 11 heavy (non-hydrogen) atoms. The topological polar surface area (TPSA) is 26.3 Å². The number of ether oxygens (including phenoxy) is 1. The third-order valence-corrected chi connectivity index (χ3v) is 1.75. The highest BCUT2D eigenvalue weighted by Crippen LogP contribution is 2.03. The maximum atomic E-state index is 10.8. The van der Waals surface area contributed by atoms with E-state index in [-0.39, 0.29) is 5.88 Å². The first-order chi connectivity index (χ1) is 5.07. The zero-order valence-corrected chi connectivity index (χ0v) is 8.15. The predicted octanol–water partition coefficient (Wildman–Crippen LogP) is 2.03. The van der Waals surface area contributed by atoms with E-state index in [2.05, 4.69) is 0 Å². The zero-order valence-electron chi connectivity index (χ0n) is 6.64. The Morgan fingerprint density at radius 1 is 1.55 bits per heavy atom. The monoisotopic (exact) mass is 198 g/mol. The molecule has 0 spiro atoms. The van der Waals surface area contributed by atoms with Crippen molar-refractivity contribution in [3.8, 4) is 0 Å². The minimum absolute atomic E-state index is 0.0957. The molecule has 0 aromatic rings. The Balaban J connectivity index is 3.52. The summed E-state index contributed by atoms with van der Waals surface area (Å²) >= 11 is 10.8. The van der Waals surface area contributed by atoms with Gasteiger partial charge in [-0.3, -0.25) is 4.79 Å². The molecule has 1 unspecified atom stereocenters. The summed E-state index contributed by atoms with van der Waals surface area (Å²) in [6, 6.07) is 0. The van der Waals surface area contributed by atoms with Gasteiger partial charge in [0.15, 0.2) is 0 Å². The van der Waals surface area contributed by atoms with Crippen LogP contribution in [0.1, 0.15) is 13.8 Å². The normalized spacial score (nSPS) is 13.2. The number of alkyl halides is 2. The van der Waals surface area contributed by atoms with E-state index in [0.29, 0.717) is 12.5 Å². The van der Waals surface area contributed by atoms with E-state index in [1.165, 1.54) is 0 Å². The fourth-order valence-electron chi connectivity index (χ4n) is 0.402. The average molecular weight is 199 g/mol. The second-order valence-electron chi connectivity index (χ2n) is 2.65. The maximum Gasteiger partial charge on any atom is 0.325 e. The second kappa shape index (κ2) is 5.67. The highest BCUT2D eigenvalue weighted by Gasteiger charge is 2.15. The largest absolute Gasteiger partial charge is 0.464 e. The van der Waals surface area contributed by atoms with Crippen molar-refractivity contribution in [3.05, 3.63) is 0 Å². The van der Waals surface area contributed by atoms with Crippen molar-refractivity contribution in [3.63, 3.8) is 0 Å². The third kappa shape index (κ3) is 5.33. The first-order valence-electron chi connectivity index (χ1n) is 3.44. The van der Waals surface area contributed by atoms with Gasteiger partial charge in [-0.1, -0.05) is 13.8 Å². The number of halogens is 2. The van der Waals surface area contributed by atoms with E-state index in [9.17, 15) is 4.79 Å². The molecule has 0 heterocycles. The van der Waals surface area contributed by atoms with Crippen molar-refractivity contribution in [2.45, 2.75) is 19.2 Å². The fourth-order valence-corrected chi connectivity index (χ4v) is 0.591. The molecule has 0 aliphatic heterocycles. The number of carbonyl (C=O) groups excluding carboxylic acids is 1. The van der Waals surface area contributed by atoms with Crippen LogP contribution in [-0.4, -0.2) is 23.8 Å². The van der Waals surface area contributed by atoms with Gasteiger partial charge < -0.3 is 4.74 Å². The summed E-state index contributed by atoms with van der Waals surface area (Å²) in [6.07, 6.45) is 0. The van der Waals surface area contributed by atoms with Crippen LogP contribution in [0, 0.1) is 5.92 Å². The molecular formula is C7H12Cl2O2. The van der Waals surface area contributed by atoms with Gasteiger partial charge in [-0.25, -0.2) is 0 Å². The van der Waals surface area contributed by atoms with Gasteiger partial charge in [0, 0.05) is 5.88 Å². The van der Waals surface area contributed by atoms with Crippen LogP contribution in [0.2, 0.25) is 0 Å². The Kier molecular flexibility index (Phi) is 5.69. The highest BCUT2D eigenvalue weighted by atomic mass is 35.5. The fraction of sp³-hybridized carbons (Fsp3) is 0.857. The van der Waals surface area contributed by atoms with E-state index >= 15 is 0 Å². The Morgan fingerprint density at radius 3 is 2.45 bits per heavy atom. The van der Waals surface area contributed by atoms with Crippen LogP contribution in [-0.2, 0) is 9.53 Å². The SMILES string of the molecule is CC(C)COC(=O)C(Cl)CCl. The van der Waals surface area contributed by atoms with Crippen LogP contribution in [0.5, 0.6) is 0 Å². The zero-order chi connectivity index (χ0) is 8.85. The quantitative estimate of drug-likeness (QED) is 0.511. The van der Waals surface area contributed by atoms with Crippen LogP contribution >= 0.6 is 23.2 Å². The smallest absolute Gasteiger partial charge is 0.325 e. The number of esters is 1. The van der Waals surface area contributed by atoms with Gasteiger partial charge in [-0.15, -0.1) is 23.2 Å². The number of hydrogen-bond donors (Lipinski definition) is 0. The Bertz CT molecular complexity index is 126. The molecule has 0 fully saturated rings. The summed E-state index contributed by atoms with van der Waals surface area (Å²) in [6.45, 7) is 4.31. The third-order valence-electron chi connectivity index (χ3n) is 0.950. The lowest BCUT2D eigenvalue weighted by Gasteiger charge is -2.08. The summed E-state index contributed by atoms with van der Waals surface area (Å²) in [5.41, 5.74) is 0. The summed E-state index contributed by atoms with van der Waals surface area (Å²) in [7, 11) is 0. The van der Waals surface area contributed by atoms with E-state index in [4.69, 9.17) is 27.9 Å². The van der Waals surface area contributed by atoms with Crippen LogP contribution in [0.25, 0.3) is 0 Å². The van der Waals surface area contributed by atoms with E-state index in [1.54, 1.807) is 0 Å². The van der Waals surface area contributed by atoms with Crippen LogP contribution in [0.3, 0.4) is 0 Å². The number of carbonyl (C=O) groups is 1. The van der Waals surface area contributed by atoms with Crippen molar-refractivity contribution in [2.75, 3.05) is 12.5 Å². The molecule has 0 saturated heterocycles. The van der Waals surface area contributed by atoms with Crippen LogP contribution in [0.4, 0.5) is 0 Å². The standard InChI is InChI=1S/C7H12Cl2O2/c1-5(2)4-11-7(10)6(9)3-8/h5-6H,3-4H2,1-2H3. The highest BCUT2D eigenvalue weighted by molar-refractivity contribution is 6.35. The molecule has 0 rings (SSSR count). The lowest BCUT2D eigenvalue weighted by atomic mass is 10.2. The molecule has 0 N–H and O–H groups in total. The molecule has 0 aliphatic rings. The van der Waals surface area contributed by atoms with Gasteiger partial charge in [0.05, 0.1) is 6.61 Å². The molecule has 66 valence electrons. The first kappa shape index (κ1) is 11.1. The number of hydrogen-bond acceptors (Lipinski definition) is 2. The number of rotatable bonds is 4. The summed E-state index contributed by atoms with van der Waals surface area (Å²) in [5, 5.41) is -0.713. The van der Waals surface area contributed by atoms with Crippen molar-refractivity contribution in [1.82, 2.24) is 0 Å². The molecule has 0 aromatic carbocycles. The Hall–Kier alpha value is 0.0500. The van der Waals surface area contributed by atoms with Gasteiger partial charge in [0.1, 0.15) is 5.38 Å². The molecule has 2 nitrogen and oxygen atoms in total. The van der Waals surface area contributed by atoms with E-state index in [0.717, 1.165) is 0 Å². The molecule has 4 heteroatoms. The van der Waals surface area contributed by atoms with Crippen molar-refractivity contribution < 1.29 is 9.53 Å². The summed E-state index contributed by atoms with van der Waals surface area (Å²) < 4.78 is 4.80. The van der Waals surface area contributed by atoms with Gasteiger partial charge >= 0.3 is 5.97 Å². The Labute approximate surface area is 76.8 Å². The van der Waals surface area contributed by atoms with Crippen molar-refractivity contribution in [1.29, 1.82) is 0 Å². The van der Waals surface area contributed by atoms with Gasteiger partial charge in [-0.2, -0.15) is 0 Å². The first-order valence-corrected chi connectivity index (χ1v) is 4.41. The Morgan fingerprint density at radius 2 is 2.09 bits per heavy atom. The van der Waals surface area contributed by atoms with Crippen molar-refractivity contribution in [2.24, 2.45) is 5.92 Å². The molecular weight excluding hydrogens is 187 g/mol. The minimum Gasteiger partial charge on any atom is -0.464 e. The molecule has 0 radical (unpaired) electrons. The van der Waals surface area contributed by atoms with Crippen LogP contribution in [0.15, 0.2) is 0 Å². The summed E-state index contributed by atoms with van der Waals surface area (Å²) in [5.74, 6) is -0.00751. The molecule has 0 aliphatic carbocycles. The average Bonchev–Trinajstić information content (AvgIpc) is 1.98. The van der Waals surface area contributed by atoms with Gasteiger partial charge in [0.2, 0.25) is 0 Å².